The van der Waals surface area contributed by atoms with Gasteiger partial charge in [0.2, 0.25) is 5.95 Å². The van der Waals surface area contributed by atoms with Crippen molar-refractivity contribution >= 4 is 29.1 Å². The molecule has 0 aliphatic rings. The van der Waals surface area contributed by atoms with Gasteiger partial charge >= 0.3 is 0 Å². The Morgan fingerprint density at radius 2 is 1.74 bits per heavy atom. The molecule has 1 aromatic heterocycles. The van der Waals surface area contributed by atoms with Crippen LogP contribution in [0.4, 0.5) is 21.8 Å². The van der Waals surface area contributed by atoms with E-state index >= 15 is 0 Å². The van der Waals surface area contributed by atoms with Gasteiger partial charge in [0, 0.05) is 17.7 Å². The van der Waals surface area contributed by atoms with E-state index in [0.29, 0.717) is 27.8 Å². The van der Waals surface area contributed by atoms with Gasteiger partial charge in [0.15, 0.2) is 11.6 Å². The molecule has 0 saturated carbocycles. The number of rotatable bonds is 6. The van der Waals surface area contributed by atoms with Gasteiger partial charge in [-0.15, -0.1) is 0 Å². The lowest BCUT2D eigenvalue weighted by atomic mass is 10.1. The zero-order valence-electron chi connectivity index (χ0n) is 14.5. The molecule has 0 unspecified atom stereocenters. The summed E-state index contributed by atoms with van der Waals surface area (Å²) >= 11 is 6.10. The van der Waals surface area contributed by atoms with Crippen molar-refractivity contribution in [2.45, 2.75) is 0 Å². The van der Waals surface area contributed by atoms with Gasteiger partial charge < -0.3 is 14.8 Å². The number of halogens is 2. The third kappa shape index (κ3) is 3.86. The minimum Gasteiger partial charge on any atom is -0.495 e. The van der Waals surface area contributed by atoms with Crippen LogP contribution in [-0.4, -0.2) is 29.4 Å². The van der Waals surface area contributed by atoms with E-state index in [9.17, 15) is 9.60 Å². The van der Waals surface area contributed by atoms with Crippen molar-refractivity contribution in [3.63, 3.8) is 0 Å². The first-order valence-corrected chi connectivity index (χ1v) is 8.16. The van der Waals surface area contributed by atoms with Gasteiger partial charge in [-0.1, -0.05) is 41.9 Å². The molecule has 0 saturated heterocycles. The predicted octanol–water partition coefficient (Wildman–Crippen LogP) is 4.50. The first-order chi connectivity index (χ1) is 13.1. The first kappa shape index (κ1) is 18.7. The Hall–Kier alpha value is -3.10. The fourth-order valence-corrected chi connectivity index (χ4v) is 2.67. The minimum absolute atomic E-state index is 0.0181. The van der Waals surface area contributed by atoms with E-state index in [1.54, 1.807) is 47.9 Å². The van der Waals surface area contributed by atoms with Gasteiger partial charge in [-0.25, -0.2) is 14.9 Å². The molecule has 27 heavy (non-hydrogen) atoms. The Labute approximate surface area is 159 Å². The number of aromatic nitrogens is 2. The van der Waals surface area contributed by atoms with Crippen LogP contribution in [-0.2, 0) is 0 Å². The summed E-state index contributed by atoms with van der Waals surface area (Å²) < 4.78 is 25.1. The highest BCUT2D eigenvalue weighted by Crippen LogP contribution is 2.37. The van der Waals surface area contributed by atoms with Crippen molar-refractivity contribution in [1.82, 2.24) is 9.97 Å². The van der Waals surface area contributed by atoms with E-state index in [0.717, 1.165) is 0 Å². The largest absolute Gasteiger partial charge is 0.495 e. The Bertz CT molecular complexity index is 957. The summed E-state index contributed by atoms with van der Waals surface area (Å²) in [4.78, 5) is 8.16. The zero-order chi connectivity index (χ0) is 19.4. The van der Waals surface area contributed by atoms with E-state index in [2.05, 4.69) is 15.3 Å². The van der Waals surface area contributed by atoms with Crippen molar-refractivity contribution in [3.8, 4) is 22.8 Å². The highest BCUT2D eigenvalue weighted by Gasteiger charge is 2.17. The minimum atomic E-state index is -0.782. The number of anilines is 3. The number of nitrogens with zero attached hydrogens (tertiary/aromatic N) is 2. The number of ether oxygens (including phenoxy) is 2. The Morgan fingerprint density at radius 3 is 2.37 bits per heavy atom. The SMILES string of the molecule is COc1cc(Nc2nc(NO)c(F)c(-c3ccccc3)n2)c(OC)cc1Cl. The lowest BCUT2D eigenvalue weighted by Crippen LogP contribution is -2.07. The molecule has 0 atom stereocenters. The lowest BCUT2D eigenvalue weighted by Gasteiger charge is -2.14. The summed E-state index contributed by atoms with van der Waals surface area (Å²) in [5, 5.41) is 12.5. The Morgan fingerprint density at radius 1 is 1.04 bits per heavy atom. The molecule has 2 aromatic carbocycles. The normalized spacial score (nSPS) is 10.4. The third-order valence-electron chi connectivity index (χ3n) is 3.72. The molecule has 1 heterocycles. The average Bonchev–Trinajstić information content (AvgIpc) is 2.70. The van der Waals surface area contributed by atoms with E-state index in [-0.39, 0.29) is 17.5 Å². The predicted molar refractivity (Wildman–Crippen MR) is 101 cm³/mol. The molecule has 7 nitrogen and oxygen atoms in total. The molecule has 140 valence electrons. The van der Waals surface area contributed by atoms with Crippen molar-refractivity contribution in [2.24, 2.45) is 0 Å². The molecule has 0 amide bonds. The second kappa shape index (κ2) is 8.07. The first-order valence-electron chi connectivity index (χ1n) is 7.79. The molecule has 0 bridgehead atoms. The summed E-state index contributed by atoms with van der Waals surface area (Å²) in [7, 11) is 2.96. The maximum atomic E-state index is 14.6. The van der Waals surface area contributed by atoms with E-state index < -0.39 is 5.82 Å². The second-order valence-electron chi connectivity index (χ2n) is 5.35. The summed E-state index contributed by atoms with van der Waals surface area (Å²) in [6.07, 6.45) is 0. The van der Waals surface area contributed by atoms with Gasteiger partial charge in [-0.2, -0.15) is 4.98 Å². The standard InChI is InChI=1S/C18H16ClFN4O3/c1-26-13-9-12(14(27-2)8-11(13)19)21-18-22-16(10-6-4-3-5-7-10)15(20)17(23-18)24-25/h3-9,25H,1-2H3,(H2,21,22,23,24). The second-order valence-corrected chi connectivity index (χ2v) is 5.76. The molecule has 3 N–H and O–H groups in total. The number of hydrogen-bond donors (Lipinski definition) is 3. The van der Waals surface area contributed by atoms with Crippen molar-refractivity contribution < 1.29 is 19.1 Å². The van der Waals surface area contributed by atoms with Crippen LogP contribution in [0.2, 0.25) is 5.02 Å². The van der Waals surface area contributed by atoms with Crippen LogP contribution in [0.25, 0.3) is 11.3 Å². The zero-order valence-corrected chi connectivity index (χ0v) is 15.2. The molecule has 0 aliphatic heterocycles. The van der Waals surface area contributed by atoms with Crippen LogP contribution in [0, 0.1) is 5.82 Å². The van der Waals surface area contributed by atoms with Crippen molar-refractivity contribution in [1.29, 1.82) is 0 Å². The summed E-state index contributed by atoms with van der Waals surface area (Å²) in [6.45, 7) is 0. The topological polar surface area (TPSA) is 88.5 Å². The third-order valence-corrected chi connectivity index (χ3v) is 4.02. The fourth-order valence-electron chi connectivity index (χ4n) is 2.44. The summed E-state index contributed by atoms with van der Waals surface area (Å²) in [5.74, 6) is -0.296. The maximum Gasteiger partial charge on any atom is 0.230 e. The molecular formula is C18H16ClFN4O3. The highest BCUT2D eigenvalue weighted by atomic mass is 35.5. The van der Waals surface area contributed by atoms with Gasteiger partial charge in [0.25, 0.3) is 0 Å². The fraction of sp³-hybridized carbons (Fsp3) is 0.111. The smallest absolute Gasteiger partial charge is 0.230 e. The monoisotopic (exact) mass is 390 g/mol. The van der Waals surface area contributed by atoms with Crippen LogP contribution < -0.4 is 20.3 Å². The average molecular weight is 391 g/mol. The number of nitrogens with one attached hydrogen (secondary N) is 2. The molecular weight excluding hydrogens is 375 g/mol. The molecule has 3 rings (SSSR count). The molecule has 0 radical (unpaired) electrons. The molecule has 0 aliphatic carbocycles. The number of hydrogen-bond acceptors (Lipinski definition) is 7. The van der Waals surface area contributed by atoms with E-state index in [4.69, 9.17) is 21.1 Å². The van der Waals surface area contributed by atoms with Crippen LogP contribution in [0.5, 0.6) is 11.5 Å². The highest BCUT2D eigenvalue weighted by molar-refractivity contribution is 6.32. The van der Waals surface area contributed by atoms with Gasteiger partial charge in [0.05, 0.1) is 24.9 Å². The summed E-state index contributed by atoms with van der Waals surface area (Å²) in [6, 6.07) is 11.9. The molecule has 0 spiro atoms. The number of methoxy groups -OCH3 is 2. The Balaban J connectivity index is 2.08. The van der Waals surface area contributed by atoms with E-state index in [1.807, 2.05) is 0 Å². The van der Waals surface area contributed by atoms with Crippen molar-refractivity contribution in [3.05, 3.63) is 53.3 Å². The van der Waals surface area contributed by atoms with Crippen LogP contribution in [0.15, 0.2) is 42.5 Å². The summed E-state index contributed by atoms with van der Waals surface area (Å²) in [5.41, 5.74) is 2.74. The van der Waals surface area contributed by atoms with E-state index in [1.165, 1.54) is 14.2 Å². The lowest BCUT2D eigenvalue weighted by molar-refractivity contribution is 0.380. The van der Waals surface area contributed by atoms with Crippen LogP contribution in [0.3, 0.4) is 0 Å². The van der Waals surface area contributed by atoms with Gasteiger partial charge in [-0.3, -0.25) is 5.21 Å². The van der Waals surface area contributed by atoms with Gasteiger partial charge in [-0.05, 0) is 0 Å². The molecule has 3 aromatic rings. The van der Waals surface area contributed by atoms with Crippen LogP contribution in [0.1, 0.15) is 0 Å². The Kier molecular flexibility index (Phi) is 5.58. The van der Waals surface area contributed by atoms with Crippen LogP contribution >= 0.6 is 11.6 Å². The molecule has 9 heteroatoms. The maximum absolute atomic E-state index is 14.6. The van der Waals surface area contributed by atoms with Crippen molar-refractivity contribution in [2.75, 3.05) is 25.0 Å². The van der Waals surface area contributed by atoms with Gasteiger partial charge in [0.1, 0.15) is 17.2 Å². The number of benzene rings is 2. The quantitative estimate of drug-likeness (QED) is 0.534. The molecule has 0 fully saturated rings.